The number of amides is 2. The van der Waals surface area contributed by atoms with Gasteiger partial charge in [0.05, 0.1) is 13.2 Å². The summed E-state index contributed by atoms with van der Waals surface area (Å²) in [6, 6.07) is 12.6. The molecular weight excluding hydrogens is 318 g/mol. The quantitative estimate of drug-likeness (QED) is 0.859. The third-order valence-electron chi connectivity index (χ3n) is 4.47. The molecule has 1 aliphatic rings. The van der Waals surface area contributed by atoms with Crippen LogP contribution in [0.15, 0.2) is 48.7 Å². The molecule has 0 spiro atoms. The Hall–Kier alpha value is -2.89. The molecule has 6 nitrogen and oxygen atoms in total. The molecule has 1 atom stereocenters. The molecule has 2 aromatic rings. The first-order valence-corrected chi connectivity index (χ1v) is 8.22. The molecule has 0 saturated carbocycles. The maximum absolute atomic E-state index is 13.0. The highest BCUT2D eigenvalue weighted by atomic mass is 16.5. The minimum atomic E-state index is -0.275. The number of carbonyl (C=O) groups is 2. The van der Waals surface area contributed by atoms with Crippen molar-refractivity contribution < 1.29 is 14.3 Å². The summed E-state index contributed by atoms with van der Waals surface area (Å²) >= 11 is 0. The summed E-state index contributed by atoms with van der Waals surface area (Å²) in [5.41, 5.74) is 1.29. The smallest absolute Gasteiger partial charge is 0.273 e. The van der Waals surface area contributed by atoms with Crippen molar-refractivity contribution in [1.82, 2.24) is 14.8 Å². The Morgan fingerprint density at radius 1 is 1.12 bits per heavy atom. The molecular formula is C19H21N3O3. The number of hydrogen-bond acceptors (Lipinski definition) is 4. The summed E-state index contributed by atoms with van der Waals surface area (Å²) in [6.07, 6.45) is 1.61. The maximum atomic E-state index is 13.0. The van der Waals surface area contributed by atoms with Crippen LogP contribution in [0, 0.1) is 0 Å². The molecule has 6 heteroatoms. The van der Waals surface area contributed by atoms with Gasteiger partial charge in [0.15, 0.2) is 0 Å². The third kappa shape index (κ3) is 3.47. The molecule has 0 radical (unpaired) electrons. The number of hydrogen-bond donors (Lipinski definition) is 0. The molecule has 0 aliphatic carbocycles. The Morgan fingerprint density at radius 2 is 1.88 bits per heavy atom. The van der Waals surface area contributed by atoms with E-state index in [1.54, 1.807) is 48.2 Å². The highest BCUT2D eigenvalue weighted by molar-refractivity contribution is 5.92. The zero-order chi connectivity index (χ0) is 17.8. The van der Waals surface area contributed by atoms with Crippen molar-refractivity contribution in [2.24, 2.45) is 0 Å². The lowest BCUT2D eigenvalue weighted by Crippen LogP contribution is -2.52. The number of benzene rings is 1. The van der Waals surface area contributed by atoms with E-state index in [4.69, 9.17) is 4.74 Å². The van der Waals surface area contributed by atoms with Crippen LogP contribution in [0.1, 0.15) is 29.0 Å². The number of nitrogens with zero attached hydrogens (tertiary/aromatic N) is 3. The van der Waals surface area contributed by atoms with E-state index in [1.165, 1.54) is 0 Å². The molecule has 130 valence electrons. The average Bonchev–Trinajstić information content (AvgIpc) is 2.67. The number of carbonyl (C=O) groups excluding carboxylic acids is 2. The van der Waals surface area contributed by atoms with E-state index in [0.29, 0.717) is 31.1 Å². The van der Waals surface area contributed by atoms with Crippen molar-refractivity contribution in [3.05, 3.63) is 59.9 Å². The summed E-state index contributed by atoms with van der Waals surface area (Å²) in [5, 5.41) is 0. The van der Waals surface area contributed by atoms with Crippen molar-refractivity contribution in [3.63, 3.8) is 0 Å². The SMILES string of the molecule is COc1ccccc1[C@@H]1CN(C(C)=O)CCN1C(=O)c1ccccn1. The summed E-state index contributed by atoms with van der Waals surface area (Å²) in [4.78, 5) is 32.6. The molecule has 0 N–H and O–H groups in total. The van der Waals surface area contributed by atoms with Gasteiger partial charge in [-0.15, -0.1) is 0 Å². The lowest BCUT2D eigenvalue weighted by molar-refractivity contribution is -0.131. The van der Waals surface area contributed by atoms with Crippen LogP contribution in [0.2, 0.25) is 0 Å². The lowest BCUT2D eigenvalue weighted by atomic mass is 10.0. The van der Waals surface area contributed by atoms with Crippen LogP contribution in [-0.4, -0.2) is 53.3 Å². The van der Waals surface area contributed by atoms with Crippen molar-refractivity contribution >= 4 is 11.8 Å². The first-order valence-electron chi connectivity index (χ1n) is 8.22. The summed E-state index contributed by atoms with van der Waals surface area (Å²) in [7, 11) is 1.61. The van der Waals surface area contributed by atoms with Gasteiger partial charge in [-0.05, 0) is 18.2 Å². The fourth-order valence-corrected chi connectivity index (χ4v) is 3.16. The van der Waals surface area contributed by atoms with E-state index in [9.17, 15) is 9.59 Å². The fraction of sp³-hybridized carbons (Fsp3) is 0.316. The predicted molar refractivity (Wildman–Crippen MR) is 93.3 cm³/mol. The molecule has 0 unspecified atom stereocenters. The van der Waals surface area contributed by atoms with E-state index >= 15 is 0 Å². The average molecular weight is 339 g/mol. The summed E-state index contributed by atoms with van der Waals surface area (Å²) < 4.78 is 5.47. The van der Waals surface area contributed by atoms with E-state index in [1.807, 2.05) is 24.3 Å². The maximum Gasteiger partial charge on any atom is 0.273 e. The first-order chi connectivity index (χ1) is 12.1. The number of methoxy groups -OCH3 is 1. The Labute approximate surface area is 147 Å². The Kier molecular flexibility index (Phi) is 4.97. The Balaban J connectivity index is 1.98. The molecule has 1 aromatic heterocycles. The van der Waals surface area contributed by atoms with Gasteiger partial charge in [0.2, 0.25) is 5.91 Å². The molecule has 25 heavy (non-hydrogen) atoms. The van der Waals surface area contributed by atoms with Crippen LogP contribution in [0.5, 0.6) is 5.75 Å². The van der Waals surface area contributed by atoms with Crippen LogP contribution >= 0.6 is 0 Å². The van der Waals surface area contributed by atoms with Gasteiger partial charge in [0.25, 0.3) is 5.91 Å². The van der Waals surface area contributed by atoms with Crippen molar-refractivity contribution in [2.45, 2.75) is 13.0 Å². The van der Waals surface area contributed by atoms with Gasteiger partial charge in [0.1, 0.15) is 11.4 Å². The number of piperazine rings is 1. The molecule has 2 amide bonds. The van der Waals surface area contributed by atoms with Crippen LogP contribution in [0.25, 0.3) is 0 Å². The summed E-state index contributed by atoms with van der Waals surface area (Å²) in [6.45, 7) is 2.96. The fourth-order valence-electron chi connectivity index (χ4n) is 3.16. The monoisotopic (exact) mass is 339 g/mol. The van der Waals surface area contributed by atoms with Crippen molar-refractivity contribution in [3.8, 4) is 5.75 Å². The van der Waals surface area contributed by atoms with Gasteiger partial charge in [-0.25, -0.2) is 0 Å². The number of pyridine rings is 1. The normalized spacial score (nSPS) is 17.3. The highest BCUT2D eigenvalue weighted by Gasteiger charge is 2.34. The third-order valence-corrected chi connectivity index (χ3v) is 4.47. The first kappa shape index (κ1) is 17.0. The highest BCUT2D eigenvalue weighted by Crippen LogP contribution is 2.33. The molecule has 0 bridgehead atoms. The minimum absolute atomic E-state index is 0.00448. The number of rotatable bonds is 3. The van der Waals surface area contributed by atoms with E-state index in [0.717, 1.165) is 5.56 Å². The second kappa shape index (κ2) is 7.34. The lowest BCUT2D eigenvalue weighted by Gasteiger charge is -2.41. The topological polar surface area (TPSA) is 62.7 Å². The molecule has 1 aliphatic heterocycles. The van der Waals surface area contributed by atoms with Crippen LogP contribution < -0.4 is 4.74 Å². The summed E-state index contributed by atoms with van der Waals surface area (Å²) in [5.74, 6) is 0.571. The standard InChI is InChI=1S/C19H21N3O3/c1-14(23)21-11-12-22(19(24)16-8-5-6-10-20-16)17(13-21)15-7-3-4-9-18(15)25-2/h3-10,17H,11-13H2,1-2H3/t17-/m0/s1. The number of ether oxygens (including phenoxy) is 1. The number of aromatic nitrogens is 1. The van der Waals surface area contributed by atoms with E-state index < -0.39 is 0 Å². The van der Waals surface area contributed by atoms with Gasteiger partial charge in [-0.3, -0.25) is 14.6 Å². The second-order valence-corrected chi connectivity index (χ2v) is 5.94. The molecule has 1 saturated heterocycles. The van der Waals surface area contributed by atoms with Gasteiger partial charge in [0, 0.05) is 38.3 Å². The van der Waals surface area contributed by atoms with Gasteiger partial charge in [-0.1, -0.05) is 24.3 Å². The zero-order valence-electron chi connectivity index (χ0n) is 14.4. The van der Waals surface area contributed by atoms with E-state index in [2.05, 4.69) is 4.98 Å². The largest absolute Gasteiger partial charge is 0.496 e. The van der Waals surface area contributed by atoms with Crippen LogP contribution in [0.4, 0.5) is 0 Å². The van der Waals surface area contributed by atoms with Gasteiger partial charge < -0.3 is 14.5 Å². The molecule has 3 rings (SSSR count). The Morgan fingerprint density at radius 3 is 2.56 bits per heavy atom. The minimum Gasteiger partial charge on any atom is -0.496 e. The molecule has 1 aromatic carbocycles. The predicted octanol–water partition coefficient (Wildman–Crippen LogP) is 2.14. The van der Waals surface area contributed by atoms with Crippen molar-refractivity contribution in [1.29, 1.82) is 0 Å². The van der Waals surface area contributed by atoms with Gasteiger partial charge in [-0.2, -0.15) is 0 Å². The van der Waals surface area contributed by atoms with Crippen molar-refractivity contribution in [2.75, 3.05) is 26.7 Å². The second-order valence-electron chi connectivity index (χ2n) is 5.94. The van der Waals surface area contributed by atoms with E-state index in [-0.39, 0.29) is 17.9 Å². The van der Waals surface area contributed by atoms with Crippen LogP contribution in [-0.2, 0) is 4.79 Å². The number of para-hydroxylation sites is 1. The van der Waals surface area contributed by atoms with Gasteiger partial charge >= 0.3 is 0 Å². The van der Waals surface area contributed by atoms with Crippen LogP contribution in [0.3, 0.4) is 0 Å². The molecule has 1 fully saturated rings. The zero-order valence-corrected chi connectivity index (χ0v) is 14.4. The Bertz CT molecular complexity index is 764. The molecule has 2 heterocycles.